The Balaban J connectivity index is 1.97. The Bertz CT molecular complexity index is 1250. The lowest BCUT2D eigenvalue weighted by Gasteiger charge is -2.34. The van der Waals surface area contributed by atoms with Crippen LogP contribution in [0.15, 0.2) is 47.1 Å². The zero-order valence-electron chi connectivity index (χ0n) is 22.9. The summed E-state index contributed by atoms with van der Waals surface area (Å²) in [6.45, 7) is 5.89. The van der Waals surface area contributed by atoms with Crippen LogP contribution in [0.3, 0.4) is 0 Å². The van der Waals surface area contributed by atoms with Gasteiger partial charge in [0.05, 0.1) is 33.3 Å². The largest absolute Gasteiger partial charge is 0.493 e. The van der Waals surface area contributed by atoms with E-state index in [0.29, 0.717) is 28.5 Å². The van der Waals surface area contributed by atoms with Gasteiger partial charge in [-0.05, 0) is 74.6 Å². The number of ether oxygens (including phenoxy) is 3. The van der Waals surface area contributed by atoms with Crippen LogP contribution < -0.4 is 24.4 Å². The number of anilines is 1. The molecular weight excluding hydrogens is 484 g/mol. The van der Waals surface area contributed by atoms with Crippen LogP contribution in [0.4, 0.5) is 5.69 Å². The van der Waals surface area contributed by atoms with Gasteiger partial charge < -0.3 is 23.9 Å². The van der Waals surface area contributed by atoms with Crippen LogP contribution in [0.25, 0.3) is 0 Å². The Labute approximate surface area is 223 Å². The third kappa shape index (κ3) is 5.35. The average molecular weight is 521 g/mol. The number of benzene rings is 2. The normalized spacial score (nSPS) is 14.2. The molecule has 2 amide bonds. The summed E-state index contributed by atoms with van der Waals surface area (Å²) in [7, 11) is 4.57. The molecule has 0 bridgehead atoms. The van der Waals surface area contributed by atoms with E-state index in [2.05, 4.69) is 5.32 Å². The lowest BCUT2D eigenvalue weighted by Crippen LogP contribution is -2.47. The fraction of sp³-hybridized carbons (Fsp3) is 0.400. The standard InChI is InChI=1S/C30H36N2O6/c1-18-14-19(2)26(20(3)15-18)32(30(34)23-12-9-13-38-23)27(29(33)31-22-10-7-8-11-22)21-16-24(35-4)28(37-6)25(17-21)36-5/h9,12-17,22,27H,7-8,10-11H2,1-6H3,(H,31,33). The van der Waals surface area contributed by atoms with Gasteiger partial charge in [0.2, 0.25) is 11.7 Å². The van der Waals surface area contributed by atoms with Crippen LogP contribution >= 0.6 is 0 Å². The molecule has 8 nitrogen and oxygen atoms in total. The number of aryl methyl sites for hydroxylation is 3. The van der Waals surface area contributed by atoms with E-state index < -0.39 is 11.9 Å². The van der Waals surface area contributed by atoms with Gasteiger partial charge in [0.1, 0.15) is 6.04 Å². The molecule has 1 N–H and O–H groups in total. The number of carbonyl (C=O) groups is 2. The van der Waals surface area contributed by atoms with Gasteiger partial charge in [-0.3, -0.25) is 14.5 Å². The van der Waals surface area contributed by atoms with Crippen molar-refractivity contribution in [2.24, 2.45) is 0 Å². The van der Waals surface area contributed by atoms with Crippen LogP contribution in [-0.4, -0.2) is 39.2 Å². The van der Waals surface area contributed by atoms with Gasteiger partial charge in [-0.25, -0.2) is 0 Å². The molecule has 2 aromatic carbocycles. The molecule has 1 unspecified atom stereocenters. The Kier molecular flexibility index (Phi) is 8.29. The first-order chi connectivity index (χ1) is 18.3. The lowest BCUT2D eigenvalue weighted by molar-refractivity contribution is -0.123. The van der Waals surface area contributed by atoms with Gasteiger partial charge in [0, 0.05) is 6.04 Å². The number of hydrogen-bond donors (Lipinski definition) is 1. The van der Waals surface area contributed by atoms with E-state index in [0.717, 1.165) is 42.4 Å². The second-order valence-corrected chi connectivity index (χ2v) is 9.75. The number of amides is 2. The Morgan fingerprint density at radius 1 is 0.947 bits per heavy atom. The zero-order chi connectivity index (χ0) is 27.4. The monoisotopic (exact) mass is 520 g/mol. The fourth-order valence-corrected chi connectivity index (χ4v) is 5.45. The first-order valence-electron chi connectivity index (χ1n) is 12.8. The molecule has 0 saturated heterocycles. The van der Waals surface area contributed by atoms with Gasteiger partial charge in [0.25, 0.3) is 5.91 Å². The summed E-state index contributed by atoms with van der Waals surface area (Å²) in [4.78, 5) is 29.9. The molecular formula is C30H36N2O6. The minimum Gasteiger partial charge on any atom is -0.493 e. The summed E-state index contributed by atoms with van der Waals surface area (Å²) >= 11 is 0. The third-order valence-corrected chi connectivity index (χ3v) is 7.04. The summed E-state index contributed by atoms with van der Waals surface area (Å²) in [5.74, 6) is 0.609. The number of nitrogens with zero attached hydrogens (tertiary/aromatic N) is 1. The molecule has 1 aliphatic carbocycles. The number of furan rings is 1. The molecule has 202 valence electrons. The maximum atomic E-state index is 14.2. The molecule has 0 spiro atoms. The highest BCUT2D eigenvalue weighted by Gasteiger charge is 2.38. The number of methoxy groups -OCH3 is 3. The molecule has 0 aliphatic heterocycles. The van der Waals surface area contributed by atoms with E-state index in [4.69, 9.17) is 18.6 Å². The number of rotatable bonds is 9. The molecule has 3 aromatic rings. The summed E-state index contributed by atoms with van der Waals surface area (Å²) < 4.78 is 22.3. The molecule has 38 heavy (non-hydrogen) atoms. The molecule has 1 saturated carbocycles. The second-order valence-electron chi connectivity index (χ2n) is 9.75. The van der Waals surface area contributed by atoms with Crippen molar-refractivity contribution in [1.82, 2.24) is 5.32 Å². The van der Waals surface area contributed by atoms with Crippen molar-refractivity contribution in [3.05, 3.63) is 70.7 Å². The van der Waals surface area contributed by atoms with Crippen molar-refractivity contribution in [3.8, 4) is 17.2 Å². The van der Waals surface area contributed by atoms with Gasteiger partial charge in [0.15, 0.2) is 17.3 Å². The molecule has 8 heteroatoms. The van der Waals surface area contributed by atoms with E-state index in [1.54, 1.807) is 24.3 Å². The van der Waals surface area contributed by atoms with Crippen LogP contribution in [0.1, 0.15) is 64.5 Å². The van der Waals surface area contributed by atoms with Crippen molar-refractivity contribution in [2.45, 2.75) is 58.5 Å². The van der Waals surface area contributed by atoms with Crippen LogP contribution in [0.2, 0.25) is 0 Å². The first kappa shape index (κ1) is 27.1. The van der Waals surface area contributed by atoms with Crippen LogP contribution in [0.5, 0.6) is 17.2 Å². The average Bonchev–Trinajstić information content (AvgIpc) is 3.61. The van der Waals surface area contributed by atoms with Crippen molar-refractivity contribution in [2.75, 3.05) is 26.2 Å². The van der Waals surface area contributed by atoms with Crippen LogP contribution in [-0.2, 0) is 4.79 Å². The predicted octanol–water partition coefficient (Wildman–Crippen LogP) is 5.68. The molecule has 1 aliphatic rings. The molecule has 4 rings (SSSR count). The van der Waals surface area contributed by atoms with Crippen molar-refractivity contribution < 1.29 is 28.2 Å². The van der Waals surface area contributed by atoms with Crippen LogP contribution in [0, 0.1) is 20.8 Å². The van der Waals surface area contributed by atoms with E-state index in [1.165, 1.54) is 32.5 Å². The topological polar surface area (TPSA) is 90.2 Å². The highest BCUT2D eigenvalue weighted by Crippen LogP contribution is 2.43. The van der Waals surface area contributed by atoms with Crippen molar-refractivity contribution in [3.63, 3.8) is 0 Å². The Hall–Kier alpha value is -3.94. The van der Waals surface area contributed by atoms with E-state index in [1.807, 2.05) is 32.9 Å². The molecule has 1 fully saturated rings. The minimum absolute atomic E-state index is 0.0489. The quantitative estimate of drug-likeness (QED) is 0.391. The SMILES string of the molecule is COc1cc(C(C(=O)NC2CCCC2)N(C(=O)c2ccco2)c2c(C)cc(C)cc2C)cc(OC)c1OC. The number of carbonyl (C=O) groups excluding carboxylic acids is 2. The molecule has 1 atom stereocenters. The van der Waals surface area contributed by atoms with Crippen molar-refractivity contribution >= 4 is 17.5 Å². The maximum Gasteiger partial charge on any atom is 0.294 e. The second kappa shape index (κ2) is 11.6. The molecule has 0 radical (unpaired) electrons. The third-order valence-electron chi connectivity index (χ3n) is 7.04. The lowest BCUT2D eigenvalue weighted by atomic mass is 9.97. The smallest absolute Gasteiger partial charge is 0.294 e. The Morgan fingerprint density at radius 2 is 1.55 bits per heavy atom. The summed E-state index contributed by atoms with van der Waals surface area (Å²) in [6.07, 6.45) is 5.38. The Morgan fingerprint density at radius 3 is 2.05 bits per heavy atom. The summed E-state index contributed by atoms with van der Waals surface area (Å²) in [6, 6.07) is 9.73. The fourth-order valence-electron chi connectivity index (χ4n) is 5.45. The van der Waals surface area contributed by atoms with Crippen molar-refractivity contribution in [1.29, 1.82) is 0 Å². The molecule has 1 heterocycles. The zero-order valence-corrected chi connectivity index (χ0v) is 22.9. The number of nitrogens with one attached hydrogen (secondary N) is 1. The highest BCUT2D eigenvalue weighted by atomic mass is 16.5. The van der Waals surface area contributed by atoms with E-state index >= 15 is 0 Å². The first-order valence-corrected chi connectivity index (χ1v) is 12.8. The minimum atomic E-state index is -1.04. The number of hydrogen-bond acceptors (Lipinski definition) is 6. The van der Waals surface area contributed by atoms with Gasteiger partial charge in [-0.1, -0.05) is 30.5 Å². The van der Waals surface area contributed by atoms with E-state index in [9.17, 15) is 9.59 Å². The van der Waals surface area contributed by atoms with Gasteiger partial charge in [-0.2, -0.15) is 0 Å². The summed E-state index contributed by atoms with van der Waals surface area (Å²) in [5.41, 5.74) is 3.97. The van der Waals surface area contributed by atoms with Gasteiger partial charge >= 0.3 is 0 Å². The summed E-state index contributed by atoms with van der Waals surface area (Å²) in [5, 5.41) is 3.21. The maximum absolute atomic E-state index is 14.2. The van der Waals surface area contributed by atoms with E-state index in [-0.39, 0.29) is 17.7 Å². The predicted molar refractivity (Wildman–Crippen MR) is 145 cm³/mol. The van der Waals surface area contributed by atoms with Gasteiger partial charge in [-0.15, -0.1) is 0 Å². The highest BCUT2D eigenvalue weighted by molar-refractivity contribution is 6.09. The molecule has 1 aromatic heterocycles.